The summed E-state index contributed by atoms with van der Waals surface area (Å²) in [5, 5.41) is 6.16. The molecule has 1 aromatic carbocycles. The standard InChI is InChI=1S/C16H28N4O/c1-13(12-14-8-4-3-5-9-14)20-16(21)15(18-2)10-6-7-11-19-17/h3-5,8-9,13,15,18-19H,6-7,10-12,17H2,1-2H3,(H,20,21). The number of carbonyl (C=O) groups excluding carboxylic acids is 1. The van der Waals surface area contributed by atoms with Crippen molar-refractivity contribution in [3.63, 3.8) is 0 Å². The minimum atomic E-state index is -0.138. The van der Waals surface area contributed by atoms with Gasteiger partial charge in [0.05, 0.1) is 6.04 Å². The second-order valence-corrected chi connectivity index (χ2v) is 5.39. The van der Waals surface area contributed by atoms with Gasteiger partial charge in [-0.3, -0.25) is 16.1 Å². The molecule has 2 atom stereocenters. The summed E-state index contributed by atoms with van der Waals surface area (Å²) in [6.07, 6.45) is 3.61. The summed E-state index contributed by atoms with van der Waals surface area (Å²) in [4.78, 5) is 12.2. The summed E-state index contributed by atoms with van der Waals surface area (Å²) >= 11 is 0. The number of nitrogens with one attached hydrogen (secondary N) is 3. The molecule has 0 bridgehead atoms. The Morgan fingerprint density at radius 3 is 2.57 bits per heavy atom. The van der Waals surface area contributed by atoms with Crippen molar-refractivity contribution in [2.24, 2.45) is 5.84 Å². The van der Waals surface area contributed by atoms with Gasteiger partial charge in [-0.15, -0.1) is 0 Å². The van der Waals surface area contributed by atoms with Gasteiger partial charge in [0.1, 0.15) is 0 Å². The summed E-state index contributed by atoms with van der Waals surface area (Å²) < 4.78 is 0. The zero-order valence-corrected chi connectivity index (χ0v) is 13.1. The third-order valence-corrected chi connectivity index (χ3v) is 3.50. The van der Waals surface area contributed by atoms with Crippen molar-refractivity contribution < 1.29 is 4.79 Å². The van der Waals surface area contributed by atoms with Gasteiger partial charge in [0.15, 0.2) is 0 Å². The highest BCUT2D eigenvalue weighted by Gasteiger charge is 2.17. The number of benzene rings is 1. The Bertz CT molecular complexity index is 397. The average molecular weight is 292 g/mol. The number of nitrogens with two attached hydrogens (primary N) is 1. The fourth-order valence-corrected chi connectivity index (χ4v) is 2.34. The molecule has 0 saturated carbocycles. The van der Waals surface area contributed by atoms with Crippen LogP contribution in [0.15, 0.2) is 30.3 Å². The number of rotatable bonds is 10. The molecular formula is C16H28N4O. The lowest BCUT2D eigenvalue weighted by Crippen LogP contribution is -2.46. The fourth-order valence-electron chi connectivity index (χ4n) is 2.34. The van der Waals surface area contributed by atoms with E-state index < -0.39 is 0 Å². The molecule has 1 amide bonds. The van der Waals surface area contributed by atoms with E-state index in [9.17, 15) is 4.79 Å². The first-order valence-electron chi connectivity index (χ1n) is 7.62. The topological polar surface area (TPSA) is 79.2 Å². The summed E-state index contributed by atoms with van der Waals surface area (Å²) in [5.41, 5.74) is 3.86. The molecule has 5 nitrogen and oxygen atoms in total. The van der Waals surface area contributed by atoms with Crippen molar-refractivity contribution in [3.05, 3.63) is 35.9 Å². The van der Waals surface area contributed by atoms with Crippen LogP contribution >= 0.6 is 0 Å². The zero-order chi connectivity index (χ0) is 15.5. The minimum absolute atomic E-state index is 0.0710. The third kappa shape index (κ3) is 7.22. The van der Waals surface area contributed by atoms with Crippen molar-refractivity contribution in [1.82, 2.24) is 16.1 Å². The molecule has 0 fully saturated rings. The van der Waals surface area contributed by atoms with Gasteiger partial charge >= 0.3 is 0 Å². The van der Waals surface area contributed by atoms with E-state index in [0.29, 0.717) is 0 Å². The van der Waals surface area contributed by atoms with E-state index in [2.05, 4.69) is 28.2 Å². The number of amides is 1. The molecule has 0 saturated heterocycles. The first kappa shape index (κ1) is 17.6. The smallest absolute Gasteiger partial charge is 0.237 e. The lowest BCUT2D eigenvalue weighted by molar-refractivity contribution is -0.123. The molecule has 5 N–H and O–H groups in total. The molecule has 118 valence electrons. The summed E-state index contributed by atoms with van der Waals surface area (Å²) in [7, 11) is 1.83. The molecule has 5 heteroatoms. The van der Waals surface area contributed by atoms with Crippen LogP contribution in [0.1, 0.15) is 31.7 Å². The number of hydrogen-bond donors (Lipinski definition) is 4. The van der Waals surface area contributed by atoms with Crippen LogP contribution in [0.4, 0.5) is 0 Å². The Balaban J connectivity index is 2.35. The lowest BCUT2D eigenvalue weighted by Gasteiger charge is -2.20. The van der Waals surface area contributed by atoms with E-state index in [-0.39, 0.29) is 18.0 Å². The summed E-state index contributed by atoms with van der Waals surface area (Å²) in [6.45, 7) is 2.82. The molecule has 0 aliphatic rings. The van der Waals surface area contributed by atoms with Crippen molar-refractivity contribution in [1.29, 1.82) is 0 Å². The number of unbranched alkanes of at least 4 members (excludes halogenated alkanes) is 1. The molecule has 1 rings (SSSR count). The van der Waals surface area contributed by atoms with Gasteiger partial charge in [-0.2, -0.15) is 0 Å². The van der Waals surface area contributed by atoms with Crippen molar-refractivity contribution in [3.8, 4) is 0 Å². The van der Waals surface area contributed by atoms with Crippen LogP contribution in [-0.4, -0.2) is 31.6 Å². The maximum Gasteiger partial charge on any atom is 0.237 e. The fraction of sp³-hybridized carbons (Fsp3) is 0.562. The molecule has 0 aliphatic carbocycles. The van der Waals surface area contributed by atoms with Crippen LogP contribution in [0.25, 0.3) is 0 Å². The SMILES string of the molecule is CNC(CCCCNN)C(=O)NC(C)Cc1ccccc1. The number of carbonyl (C=O) groups is 1. The first-order valence-corrected chi connectivity index (χ1v) is 7.62. The van der Waals surface area contributed by atoms with Crippen LogP contribution in [-0.2, 0) is 11.2 Å². The van der Waals surface area contributed by atoms with Gasteiger partial charge in [0, 0.05) is 12.6 Å². The van der Waals surface area contributed by atoms with Gasteiger partial charge in [0.2, 0.25) is 5.91 Å². The summed E-state index contributed by atoms with van der Waals surface area (Å²) in [6, 6.07) is 10.2. The van der Waals surface area contributed by atoms with Crippen LogP contribution in [0.2, 0.25) is 0 Å². The molecule has 2 unspecified atom stereocenters. The zero-order valence-electron chi connectivity index (χ0n) is 13.1. The quantitative estimate of drug-likeness (QED) is 0.294. The molecule has 0 aliphatic heterocycles. The van der Waals surface area contributed by atoms with Crippen LogP contribution in [0.5, 0.6) is 0 Å². The second kappa shape index (κ2) is 10.3. The monoisotopic (exact) mass is 292 g/mol. The predicted octanol–water partition coefficient (Wildman–Crippen LogP) is 0.955. The molecule has 0 aromatic heterocycles. The lowest BCUT2D eigenvalue weighted by atomic mass is 10.1. The van der Waals surface area contributed by atoms with Crippen molar-refractivity contribution >= 4 is 5.91 Å². The molecular weight excluding hydrogens is 264 g/mol. The highest BCUT2D eigenvalue weighted by Crippen LogP contribution is 2.05. The normalized spacial score (nSPS) is 13.7. The number of hydrogen-bond acceptors (Lipinski definition) is 4. The van der Waals surface area contributed by atoms with Gasteiger partial charge in [0.25, 0.3) is 0 Å². The minimum Gasteiger partial charge on any atom is -0.352 e. The Labute approximate surface area is 127 Å². The van der Waals surface area contributed by atoms with Crippen LogP contribution < -0.4 is 21.9 Å². The summed E-state index contributed by atoms with van der Waals surface area (Å²) in [5.74, 6) is 5.30. The maximum absolute atomic E-state index is 12.2. The van der Waals surface area contributed by atoms with Gasteiger partial charge in [-0.25, -0.2) is 0 Å². The predicted molar refractivity (Wildman–Crippen MR) is 86.6 cm³/mol. The van der Waals surface area contributed by atoms with Crippen LogP contribution in [0.3, 0.4) is 0 Å². The largest absolute Gasteiger partial charge is 0.352 e. The Hall–Kier alpha value is -1.43. The number of hydrazine groups is 1. The van der Waals surface area contributed by atoms with Gasteiger partial charge in [-0.05, 0) is 38.8 Å². The van der Waals surface area contributed by atoms with E-state index in [1.165, 1.54) is 5.56 Å². The molecule has 21 heavy (non-hydrogen) atoms. The van der Waals surface area contributed by atoms with E-state index in [1.54, 1.807) is 0 Å². The van der Waals surface area contributed by atoms with E-state index >= 15 is 0 Å². The van der Waals surface area contributed by atoms with Crippen molar-refractivity contribution in [2.45, 2.75) is 44.7 Å². The highest BCUT2D eigenvalue weighted by atomic mass is 16.2. The van der Waals surface area contributed by atoms with Crippen molar-refractivity contribution in [2.75, 3.05) is 13.6 Å². The Morgan fingerprint density at radius 1 is 1.24 bits per heavy atom. The van der Waals surface area contributed by atoms with Gasteiger partial charge in [-0.1, -0.05) is 36.8 Å². The van der Waals surface area contributed by atoms with Crippen LogP contribution in [0, 0.1) is 0 Å². The Morgan fingerprint density at radius 2 is 1.95 bits per heavy atom. The number of likely N-dealkylation sites (N-methyl/N-ethyl adjacent to an activating group) is 1. The molecule has 0 radical (unpaired) electrons. The first-order chi connectivity index (χ1) is 10.2. The molecule has 0 spiro atoms. The molecule has 1 aromatic rings. The maximum atomic E-state index is 12.2. The highest BCUT2D eigenvalue weighted by molar-refractivity contribution is 5.81. The van der Waals surface area contributed by atoms with E-state index in [1.807, 2.05) is 32.2 Å². The van der Waals surface area contributed by atoms with E-state index in [0.717, 1.165) is 32.2 Å². The third-order valence-electron chi connectivity index (χ3n) is 3.50. The average Bonchev–Trinajstić information content (AvgIpc) is 2.48. The second-order valence-electron chi connectivity index (χ2n) is 5.39. The molecule has 0 heterocycles. The Kier molecular flexibility index (Phi) is 8.66. The van der Waals surface area contributed by atoms with E-state index in [4.69, 9.17) is 5.84 Å². The van der Waals surface area contributed by atoms with Gasteiger partial charge < -0.3 is 10.6 Å².